The Labute approximate surface area is 232 Å². The minimum Gasteiger partial charge on any atom is -0.507 e. The standard InChI is InChI=1S/C30H29N3O5S/c1-35-19-13-15-23(27(16-19)37-3)31-30(39)33-25(22-10-7-11-26(36-2)29(22)38-4)17-24(32-33)21-14-12-18-8-5-6-9-20(18)28(21)34/h5-16,25,34H,17H2,1-4H3,(H,31,39). The second-order valence-electron chi connectivity index (χ2n) is 8.87. The Kier molecular flexibility index (Phi) is 7.42. The summed E-state index contributed by atoms with van der Waals surface area (Å²) in [7, 11) is 6.39. The van der Waals surface area contributed by atoms with Crippen molar-refractivity contribution in [2.24, 2.45) is 5.10 Å². The largest absolute Gasteiger partial charge is 0.507 e. The van der Waals surface area contributed by atoms with Gasteiger partial charge in [0.2, 0.25) is 0 Å². The van der Waals surface area contributed by atoms with Crippen LogP contribution in [0.15, 0.2) is 77.9 Å². The summed E-state index contributed by atoms with van der Waals surface area (Å²) in [6.45, 7) is 0. The summed E-state index contributed by atoms with van der Waals surface area (Å²) < 4.78 is 22.2. The fourth-order valence-corrected chi connectivity index (χ4v) is 5.12. The van der Waals surface area contributed by atoms with Gasteiger partial charge >= 0.3 is 0 Å². The summed E-state index contributed by atoms with van der Waals surface area (Å²) in [5.74, 6) is 2.62. The van der Waals surface area contributed by atoms with E-state index in [9.17, 15) is 5.11 Å². The number of rotatable bonds is 7. The molecule has 0 amide bonds. The molecular formula is C30H29N3O5S. The molecule has 0 spiro atoms. The predicted molar refractivity (Wildman–Crippen MR) is 157 cm³/mol. The molecule has 8 nitrogen and oxygen atoms in total. The first-order valence-corrected chi connectivity index (χ1v) is 12.7. The molecule has 4 aromatic rings. The maximum atomic E-state index is 11.2. The first-order chi connectivity index (χ1) is 19.0. The third-order valence-electron chi connectivity index (χ3n) is 6.77. The highest BCUT2D eigenvalue weighted by Gasteiger charge is 2.35. The van der Waals surface area contributed by atoms with E-state index in [0.29, 0.717) is 51.5 Å². The topological polar surface area (TPSA) is 84.8 Å². The molecule has 4 aromatic carbocycles. The number of fused-ring (bicyclic) bond motifs is 1. The number of ether oxygens (including phenoxy) is 4. The lowest BCUT2D eigenvalue weighted by molar-refractivity contribution is 0.327. The molecule has 2 N–H and O–H groups in total. The molecule has 5 rings (SSSR count). The van der Waals surface area contributed by atoms with Crippen molar-refractivity contribution in [1.82, 2.24) is 5.01 Å². The van der Waals surface area contributed by atoms with Crippen molar-refractivity contribution in [3.63, 3.8) is 0 Å². The van der Waals surface area contributed by atoms with E-state index < -0.39 is 0 Å². The Bertz CT molecular complexity index is 1570. The van der Waals surface area contributed by atoms with Crippen molar-refractivity contribution in [3.8, 4) is 28.7 Å². The molecular weight excluding hydrogens is 514 g/mol. The van der Waals surface area contributed by atoms with Gasteiger partial charge in [-0.05, 0) is 41.9 Å². The summed E-state index contributed by atoms with van der Waals surface area (Å²) in [5, 5.41) is 23.2. The van der Waals surface area contributed by atoms with Crippen LogP contribution in [0.3, 0.4) is 0 Å². The van der Waals surface area contributed by atoms with Gasteiger partial charge in [-0.1, -0.05) is 42.5 Å². The molecule has 1 aliphatic rings. The van der Waals surface area contributed by atoms with E-state index in [1.807, 2.05) is 66.7 Å². The quantitative estimate of drug-likeness (QED) is 0.270. The molecule has 1 atom stereocenters. The monoisotopic (exact) mass is 543 g/mol. The molecule has 1 heterocycles. The Hall–Kier alpha value is -4.50. The van der Waals surface area contributed by atoms with Crippen LogP contribution in [-0.2, 0) is 0 Å². The Morgan fingerprint density at radius 2 is 1.69 bits per heavy atom. The van der Waals surface area contributed by atoms with Crippen LogP contribution >= 0.6 is 12.2 Å². The van der Waals surface area contributed by atoms with E-state index in [4.69, 9.17) is 36.3 Å². The number of phenols is 1. The van der Waals surface area contributed by atoms with Crippen molar-refractivity contribution in [3.05, 3.63) is 83.9 Å². The van der Waals surface area contributed by atoms with Crippen LogP contribution < -0.4 is 24.3 Å². The smallest absolute Gasteiger partial charge is 0.194 e. The van der Waals surface area contributed by atoms with Crippen LogP contribution in [0.4, 0.5) is 5.69 Å². The third-order valence-corrected chi connectivity index (χ3v) is 7.06. The number of aromatic hydroxyl groups is 1. The van der Waals surface area contributed by atoms with Crippen LogP contribution in [0.2, 0.25) is 0 Å². The molecule has 0 saturated heterocycles. The molecule has 1 aliphatic heterocycles. The van der Waals surface area contributed by atoms with Gasteiger partial charge in [-0.3, -0.25) is 0 Å². The number of thiocarbonyl (C=S) groups is 1. The van der Waals surface area contributed by atoms with Crippen molar-refractivity contribution >= 4 is 39.5 Å². The van der Waals surface area contributed by atoms with Gasteiger partial charge in [-0.25, -0.2) is 5.01 Å². The third kappa shape index (κ3) is 4.88. The highest BCUT2D eigenvalue weighted by Crippen LogP contribution is 2.43. The highest BCUT2D eigenvalue weighted by atomic mass is 32.1. The first-order valence-electron chi connectivity index (χ1n) is 12.3. The van der Waals surface area contributed by atoms with Gasteiger partial charge in [-0.2, -0.15) is 5.10 Å². The fraction of sp³-hybridized carbons (Fsp3) is 0.200. The van der Waals surface area contributed by atoms with E-state index in [-0.39, 0.29) is 11.8 Å². The zero-order valence-electron chi connectivity index (χ0n) is 22.1. The van der Waals surface area contributed by atoms with Gasteiger partial charge in [0.1, 0.15) is 17.2 Å². The lowest BCUT2D eigenvalue weighted by atomic mass is 9.95. The number of nitrogens with zero attached hydrogens (tertiary/aromatic N) is 2. The fourth-order valence-electron chi connectivity index (χ4n) is 4.84. The molecule has 0 fully saturated rings. The zero-order valence-corrected chi connectivity index (χ0v) is 22.9. The lowest BCUT2D eigenvalue weighted by Crippen LogP contribution is -2.31. The maximum absolute atomic E-state index is 11.2. The first kappa shape index (κ1) is 26.1. The van der Waals surface area contributed by atoms with Crippen LogP contribution in [0.5, 0.6) is 28.7 Å². The van der Waals surface area contributed by atoms with Gasteiger partial charge in [0.15, 0.2) is 16.6 Å². The normalized spacial score (nSPS) is 14.6. The number of methoxy groups -OCH3 is 4. The van der Waals surface area contributed by atoms with E-state index >= 15 is 0 Å². The summed E-state index contributed by atoms with van der Waals surface area (Å²) in [6, 6.07) is 22.4. The second kappa shape index (κ2) is 11.1. The van der Waals surface area contributed by atoms with Crippen LogP contribution in [0.25, 0.3) is 10.8 Å². The number of hydrogen-bond donors (Lipinski definition) is 2. The van der Waals surface area contributed by atoms with E-state index in [1.54, 1.807) is 39.5 Å². The SMILES string of the molecule is COc1ccc(NC(=S)N2N=C(c3ccc4ccccc4c3O)CC2c2cccc(OC)c2OC)c(OC)c1. The van der Waals surface area contributed by atoms with Gasteiger partial charge in [0, 0.05) is 29.0 Å². The molecule has 0 aliphatic carbocycles. The molecule has 1 unspecified atom stereocenters. The molecule has 0 radical (unpaired) electrons. The summed E-state index contributed by atoms with van der Waals surface area (Å²) in [5.41, 5.74) is 2.85. The number of hydrogen-bond acceptors (Lipinski definition) is 7. The number of hydrazone groups is 1. The number of para-hydroxylation sites is 1. The Morgan fingerprint density at radius 3 is 2.44 bits per heavy atom. The summed E-state index contributed by atoms with van der Waals surface area (Å²) in [4.78, 5) is 0. The molecule has 0 aromatic heterocycles. The summed E-state index contributed by atoms with van der Waals surface area (Å²) in [6.07, 6.45) is 0.469. The predicted octanol–water partition coefficient (Wildman–Crippen LogP) is 6.13. The van der Waals surface area contributed by atoms with Crippen LogP contribution in [-0.4, -0.2) is 49.4 Å². The average molecular weight is 544 g/mol. The van der Waals surface area contributed by atoms with Crippen molar-refractivity contribution in [2.75, 3.05) is 33.8 Å². The molecule has 200 valence electrons. The summed E-state index contributed by atoms with van der Waals surface area (Å²) >= 11 is 5.88. The highest BCUT2D eigenvalue weighted by molar-refractivity contribution is 7.80. The maximum Gasteiger partial charge on any atom is 0.194 e. The Balaban J connectivity index is 1.58. The van der Waals surface area contributed by atoms with Gasteiger partial charge in [-0.15, -0.1) is 0 Å². The van der Waals surface area contributed by atoms with Gasteiger partial charge < -0.3 is 29.4 Å². The van der Waals surface area contributed by atoms with E-state index in [0.717, 1.165) is 16.3 Å². The molecule has 0 saturated carbocycles. The number of benzene rings is 4. The molecule has 0 bridgehead atoms. The molecule has 9 heteroatoms. The minimum absolute atomic E-state index is 0.181. The molecule has 39 heavy (non-hydrogen) atoms. The number of nitrogens with one attached hydrogen (secondary N) is 1. The van der Waals surface area contributed by atoms with E-state index in [2.05, 4.69) is 5.32 Å². The number of phenolic OH excluding ortho intramolecular Hbond substituents is 1. The van der Waals surface area contributed by atoms with Crippen LogP contribution in [0.1, 0.15) is 23.6 Å². The Morgan fingerprint density at radius 1 is 0.897 bits per heavy atom. The van der Waals surface area contributed by atoms with E-state index in [1.165, 1.54) is 0 Å². The van der Waals surface area contributed by atoms with Gasteiger partial charge in [0.05, 0.1) is 45.9 Å². The second-order valence-corrected chi connectivity index (χ2v) is 9.26. The van der Waals surface area contributed by atoms with Crippen LogP contribution in [0, 0.1) is 0 Å². The van der Waals surface area contributed by atoms with Crippen molar-refractivity contribution in [1.29, 1.82) is 0 Å². The van der Waals surface area contributed by atoms with Crippen molar-refractivity contribution < 1.29 is 24.1 Å². The zero-order chi connectivity index (χ0) is 27.5. The minimum atomic E-state index is -0.333. The number of anilines is 1. The van der Waals surface area contributed by atoms with Crippen molar-refractivity contribution in [2.45, 2.75) is 12.5 Å². The average Bonchev–Trinajstić information content (AvgIpc) is 3.42. The van der Waals surface area contributed by atoms with Gasteiger partial charge in [0.25, 0.3) is 0 Å². The lowest BCUT2D eigenvalue weighted by Gasteiger charge is -2.27.